The molecule has 0 aromatic rings. The molecule has 0 saturated carbocycles. The Labute approximate surface area is 94.9 Å². The Balaban J connectivity index is 0.00000196. The second-order valence-corrected chi connectivity index (χ2v) is 5.05. The minimum absolute atomic E-state index is 0. The summed E-state index contributed by atoms with van der Waals surface area (Å²) in [5.41, 5.74) is 0. The van der Waals surface area contributed by atoms with Crippen molar-refractivity contribution in [2.45, 2.75) is 52.5 Å². The van der Waals surface area contributed by atoms with Crippen LogP contribution in [0.5, 0.6) is 0 Å². The van der Waals surface area contributed by atoms with E-state index in [9.17, 15) is 0 Å². The standard InChI is InChI=1S/C12H27N2.H2O/c1-5-6-11-14(4,12(2)3)13-9-7-8-10-13;/h12H,5-11H2,1-4H3;1H2/q+1;/p-1. The van der Waals surface area contributed by atoms with Crippen LogP contribution in [0.2, 0.25) is 0 Å². The summed E-state index contributed by atoms with van der Waals surface area (Å²) in [5.74, 6) is 0. The molecule has 0 aromatic heterocycles. The molecule has 1 aliphatic heterocycles. The number of quaternary nitrogens is 1. The summed E-state index contributed by atoms with van der Waals surface area (Å²) in [7, 11) is 2.41. The fourth-order valence-electron chi connectivity index (χ4n) is 2.36. The Kier molecular flexibility index (Phi) is 6.41. The lowest BCUT2D eigenvalue weighted by atomic mass is 10.2. The molecule has 1 rings (SSSR count). The average Bonchev–Trinajstić information content (AvgIpc) is 2.66. The van der Waals surface area contributed by atoms with E-state index >= 15 is 0 Å². The van der Waals surface area contributed by atoms with Crippen molar-refractivity contribution in [2.24, 2.45) is 0 Å². The van der Waals surface area contributed by atoms with E-state index in [1.807, 2.05) is 0 Å². The molecule has 15 heavy (non-hydrogen) atoms. The van der Waals surface area contributed by atoms with Crippen molar-refractivity contribution in [1.82, 2.24) is 5.01 Å². The van der Waals surface area contributed by atoms with Gasteiger partial charge in [-0.25, -0.2) is 4.59 Å². The zero-order valence-corrected chi connectivity index (χ0v) is 10.9. The maximum absolute atomic E-state index is 2.67. The molecule has 1 fully saturated rings. The quantitative estimate of drug-likeness (QED) is 0.661. The van der Waals surface area contributed by atoms with E-state index in [4.69, 9.17) is 0 Å². The van der Waals surface area contributed by atoms with E-state index in [-0.39, 0.29) is 5.48 Å². The van der Waals surface area contributed by atoms with Crippen LogP contribution in [-0.2, 0) is 0 Å². The molecule has 0 aliphatic carbocycles. The van der Waals surface area contributed by atoms with Gasteiger partial charge in [0.2, 0.25) is 0 Å². The first-order valence-electron chi connectivity index (χ1n) is 6.22. The molecular formula is C12H28N2O. The van der Waals surface area contributed by atoms with Crippen molar-refractivity contribution >= 4 is 0 Å². The maximum Gasteiger partial charge on any atom is 0.101 e. The predicted molar refractivity (Wildman–Crippen MR) is 63.8 cm³/mol. The van der Waals surface area contributed by atoms with Crippen LogP contribution in [-0.4, -0.2) is 47.8 Å². The second kappa shape index (κ2) is 6.46. The van der Waals surface area contributed by atoms with Gasteiger partial charge < -0.3 is 5.48 Å². The molecule has 1 saturated heterocycles. The Bertz CT molecular complexity index is 167. The summed E-state index contributed by atoms with van der Waals surface area (Å²) in [4.78, 5) is 0. The van der Waals surface area contributed by atoms with Crippen molar-refractivity contribution in [2.75, 3.05) is 26.7 Å². The van der Waals surface area contributed by atoms with E-state index in [1.54, 1.807) is 0 Å². The van der Waals surface area contributed by atoms with Crippen LogP contribution in [0.15, 0.2) is 0 Å². The van der Waals surface area contributed by atoms with Crippen molar-refractivity contribution in [3.8, 4) is 0 Å². The number of rotatable bonds is 5. The van der Waals surface area contributed by atoms with Crippen LogP contribution in [0.1, 0.15) is 46.5 Å². The minimum atomic E-state index is 0. The fourth-order valence-corrected chi connectivity index (χ4v) is 2.36. The predicted octanol–water partition coefficient (Wildman–Crippen LogP) is 2.48. The molecule has 3 nitrogen and oxygen atoms in total. The summed E-state index contributed by atoms with van der Waals surface area (Å²) >= 11 is 0. The highest BCUT2D eigenvalue weighted by Crippen LogP contribution is 2.22. The van der Waals surface area contributed by atoms with E-state index in [2.05, 4.69) is 32.8 Å². The highest BCUT2D eigenvalue weighted by molar-refractivity contribution is 4.59. The van der Waals surface area contributed by atoms with E-state index in [1.165, 1.54) is 45.3 Å². The van der Waals surface area contributed by atoms with Gasteiger partial charge in [0.15, 0.2) is 0 Å². The second-order valence-electron chi connectivity index (χ2n) is 5.05. The third-order valence-corrected chi connectivity index (χ3v) is 3.81. The Morgan fingerprint density at radius 3 is 2.13 bits per heavy atom. The van der Waals surface area contributed by atoms with Crippen LogP contribution in [0.25, 0.3) is 0 Å². The van der Waals surface area contributed by atoms with Crippen molar-refractivity contribution < 1.29 is 10.1 Å². The molecule has 1 atom stereocenters. The third-order valence-electron chi connectivity index (χ3n) is 3.81. The zero-order chi connectivity index (χ0) is 10.6. The lowest BCUT2D eigenvalue weighted by molar-refractivity contribution is -1.03. The summed E-state index contributed by atoms with van der Waals surface area (Å²) in [5, 5.41) is 2.67. The summed E-state index contributed by atoms with van der Waals surface area (Å²) in [6, 6.07) is 0.722. The van der Waals surface area contributed by atoms with Crippen LogP contribution in [0.3, 0.4) is 0 Å². The van der Waals surface area contributed by atoms with Gasteiger partial charge in [0.25, 0.3) is 0 Å². The van der Waals surface area contributed by atoms with Crippen LogP contribution in [0, 0.1) is 0 Å². The number of hydrogen-bond acceptors (Lipinski definition) is 2. The van der Waals surface area contributed by atoms with Gasteiger partial charge in [-0.05, 0) is 33.1 Å². The van der Waals surface area contributed by atoms with E-state index in [0.717, 1.165) is 10.6 Å². The lowest BCUT2D eigenvalue weighted by Gasteiger charge is -2.44. The topological polar surface area (TPSA) is 33.2 Å². The molecule has 0 amide bonds. The van der Waals surface area contributed by atoms with Gasteiger partial charge in [0.05, 0.1) is 13.6 Å². The molecule has 0 bridgehead atoms. The van der Waals surface area contributed by atoms with E-state index < -0.39 is 0 Å². The molecule has 1 N–H and O–H groups in total. The molecule has 0 aromatic carbocycles. The largest absolute Gasteiger partial charge is 0.870 e. The smallest absolute Gasteiger partial charge is 0.101 e. The van der Waals surface area contributed by atoms with Gasteiger partial charge in [-0.3, -0.25) is 0 Å². The van der Waals surface area contributed by atoms with Gasteiger partial charge in [0.1, 0.15) is 6.04 Å². The summed E-state index contributed by atoms with van der Waals surface area (Å²) in [6.07, 6.45) is 5.46. The summed E-state index contributed by atoms with van der Waals surface area (Å²) < 4.78 is 1.16. The molecule has 0 radical (unpaired) electrons. The zero-order valence-electron chi connectivity index (χ0n) is 10.9. The van der Waals surface area contributed by atoms with E-state index in [0.29, 0.717) is 0 Å². The van der Waals surface area contributed by atoms with Gasteiger partial charge in [-0.2, -0.15) is 5.01 Å². The average molecular weight is 216 g/mol. The first kappa shape index (κ1) is 14.9. The normalized spacial score (nSPS) is 21.4. The highest BCUT2D eigenvalue weighted by atomic mass is 16.0. The SMILES string of the molecule is CCCC[N+](C)(C(C)C)N1CCCC1.[OH-]. The van der Waals surface area contributed by atoms with Crippen molar-refractivity contribution in [3.63, 3.8) is 0 Å². The van der Waals surface area contributed by atoms with Crippen molar-refractivity contribution in [1.29, 1.82) is 0 Å². The fraction of sp³-hybridized carbons (Fsp3) is 1.00. The Morgan fingerprint density at radius 1 is 1.20 bits per heavy atom. The number of nitrogens with zero attached hydrogens (tertiary/aromatic N) is 2. The van der Waals surface area contributed by atoms with Gasteiger partial charge in [0, 0.05) is 13.1 Å². The molecular weight excluding hydrogens is 188 g/mol. The molecule has 1 aliphatic rings. The maximum atomic E-state index is 2.67. The van der Waals surface area contributed by atoms with Gasteiger partial charge >= 0.3 is 0 Å². The Morgan fingerprint density at radius 2 is 1.73 bits per heavy atom. The van der Waals surface area contributed by atoms with Gasteiger partial charge in [-0.1, -0.05) is 13.3 Å². The summed E-state index contributed by atoms with van der Waals surface area (Å²) in [6.45, 7) is 10.9. The highest BCUT2D eigenvalue weighted by Gasteiger charge is 2.35. The molecule has 0 spiro atoms. The van der Waals surface area contributed by atoms with Gasteiger partial charge in [-0.15, -0.1) is 0 Å². The molecule has 1 heterocycles. The lowest BCUT2D eigenvalue weighted by Crippen LogP contribution is -2.60. The molecule has 3 heteroatoms. The Hall–Kier alpha value is -0.120. The number of unbranched alkanes of at least 4 members (excludes halogenated alkanes) is 1. The first-order chi connectivity index (χ1) is 6.61. The molecule has 92 valence electrons. The minimum Gasteiger partial charge on any atom is -0.870 e. The monoisotopic (exact) mass is 216 g/mol. The first-order valence-corrected chi connectivity index (χ1v) is 6.22. The van der Waals surface area contributed by atoms with Crippen LogP contribution >= 0.6 is 0 Å². The van der Waals surface area contributed by atoms with Crippen molar-refractivity contribution in [3.05, 3.63) is 0 Å². The molecule has 1 unspecified atom stereocenters. The number of hydrogen-bond donors (Lipinski definition) is 0. The van der Waals surface area contributed by atoms with Crippen LogP contribution < -0.4 is 0 Å². The van der Waals surface area contributed by atoms with Crippen LogP contribution in [0.4, 0.5) is 0 Å². The third kappa shape index (κ3) is 3.44.